The van der Waals surface area contributed by atoms with Crippen molar-refractivity contribution in [3.8, 4) is 11.5 Å². The molecule has 2 aliphatic rings. The Labute approximate surface area is 158 Å². The smallest absolute Gasteiger partial charge is 0.314 e. The van der Waals surface area contributed by atoms with Crippen LogP contribution in [0.15, 0.2) is 48.2 Å². The van der Waals surface area contributed by atoms with Crippen LogP contribution in [-0.2, 0) is 4.79 Å². The molecule has 0 saturated heterocycles. The topological polar surface area (TPSA) is 52.6 Å². The van der Waals surface area contributed by atoms with E-state index in [-0.39, 0.29) is 23.4 Å². The first kappa shape index (κ1) is 17.5. The summed E-state index contributed by atoms with van der Waals surface area (Å²) in [5, 5.41) is 0. The normalized spacial score (nSPS) is 18.3. The zero-order valence-electron chi connectivity index (χ0n) is 15.4. The molecule has 1 aliphatic heterocycles. The minimum atomic E-state index is -0.186. The quantitative estimate of drug-likeness (QED) is 0.433. The summed E-state index contributed by atoms with van der Waals surface area (Å²) in [6, 6.07) is 12.8. The van der Waals surface area contributed by atoms with Gasteiger partial charge in [-0.05, 0) is 43.5 Å². The van der Waals surface area contributed by atoms with Crippen molar-refractivity contribution in [1.29, 1.82) is 0 Å². The molecule has 2 aromatic carbocycles. The van der Waals surface area contributed by atoms with Crippen molar-refractivity contribution >= 4 is 17.8 Å². The van der Waals surface area contributed by atoms with Crippen LogP contribution in [0, 0.1) is 12.8 Å². The fourth-order valence-electron chi connectivity index (χ4n) is 3.58. The first-order valence-electron chi connectivity index (χ1n) is 9.47. The number of Topliss-reactive ketones (excluding diaryl/α,β-unsaturated/α-hetero) is 1. The largest absolute Gasteiger partial charge is 0.452 e. The lowest BCUT2D eigenvalue weighted by atomic mass is 9.89. The van der Waals surface area contributed by atoms with Gasteiger partial charge in [-0.2, -0.15) is 0 Å². The molecule has 0 radical (unpaired) electrons. The highest BCUT2D eigenvalue weighted by molar-refractivity contribution is 6.14. The molecular formula is C23H22O4. The van der Waals surface area contributed by atoms with E-state index in [2.05, 4.69) is 0 Å². The van der Waals surface area contributed by atoms with E-state index in [1.807, 2.05) is 31.2 Å². The molecule has 1 aliphatic carbocycles. The molecule has 0 aromatic heterocycles. The van der Waals surface area contributed by atoms with Crippen molar-refractivity contribution in [3.05, 3.63) is 64.9 Å². The second-order valence-electron chi connectivity index (χ2n) is 7.26. The summed E-state index contributed by atoms with van der Waals surface area (Å²) < 4.78 is 11.3. The zero-order valence-corrected chi connectivity index (χ0v) is 15.4. The van der Waals surface area contributed by atoms with E-state index < -0.39 is 0 Å². The van der Waals surface area contributed by atoms with Gasteiger partial charge in [-0.1, -0.05) is 49.1 Å². The second-order valence-corrected chi connectivity index (χ2v) is 7.26. The number of benzene rings is 2. The number of aryl methyl sites for hydroxylation is 1. The molecular weight excluding hydrogens is 340 g/mol. The number of esters is 1. The maximum Gasteiger partial charge on any atom is 0.314 e. The Hall–Kier alpha value is -2.88. The molecule has 1 heterocycles. The lowest BCUT2D eigenvalue weighted by Crippen LogP contribution is -2.22. The van der Waals surface area contributed by atoms with E-state index >= 15 is 0 Å². The van der Waals surface area contributed by atoms with Crippen molar-refractivity contribution in [2.75, 3.05) is 0 Å². The summed E-state index contributed by atoms with van der Waals surface area (Å²) in [6.45, 7) is 2.01. The summed E-state index contributed by atoms with van der Waals surface area (Å²) in [5.41, 5.74) is 2.55. The number of ether oxygens (including phenoxy) is 2. The third-order valence-electron chi connectivity index (χ3n) is 5.17. The van der Waals surface area contributed by atoms with Crippen LogP contribution in [0.5, 0.6) is 11.5 Å². The van der Waals surface area contributed by atoms with Gasteiger partial charge in [0, 0.05) is 6.07 Å². The van der Waals surface area contributed by atoms with Gasteiger partial charge < -0.3 is 9.47 Å². The van der Waals surface area contributed by atoms with Gasteiger partial charge in [-0.25, -0.2) is 0 Å². The van der Waals surface area contributed by atoms with E-state index in [1.54, 1.807) is 24.3 Å². The first-order chi connectivity index (χ1) is 13.1. The summed E-state index contributed by atoms with van der Waals surface area (Å²) in [7, 11) is 0. The lowest BCUT2D eigenvalue weighted by molar-refractivity contribution is -0.139. The Balaban J connectivity index is 1.50. The Morgan fingerprint density at radius 3 is 2.56 bits per heavy atom. The van der Waals surface area contributed by atoms with E-state index in [4.69, 9.17) is 9.47 Å². The van der Waals surface area contributed by atoms with E-state index in [9.17, 15) is 9.59 Å². The van der Waals surface area contributed by atoms with E-state index in [0.717, 1.165) is 36.8 Å². The van der Waals surface area contributed by atoms with Crippen LogP contribution in [0.25, 0.3) is 6.08 Å². The average Bonchev–Trinajstić information content (AvgIpc) is 2.99. The number of rotatable bonds is 3. The molecule has 1 saturated carbocycles. The van der Waals surface area contributed by atoms with E-state index in [0.29, 0.717) is 17.1 Å². The third-order valence-corrected chi connectivity index (χ3v) is 5.17. The van der Waals surface area contributed by atoms with Gasteiger partial charge in [0.05, 0.1) is 11.5 Å². The van der Waals surface area contributed by atoms with Crippen molar-refractivity contribution in [1.82, 2.24) is 0 Å². The van der Waals surface area contributed by atoms with Crippen LogP contribution in [0.2, 0.25) is 0 Å². The molecule has 27 heavy (non-hydrogen) atoms. The molecule has 0 amide bonds. The number of carbonyl (C=O) groups is 2. The SMILES string of the molecule is Cc1ccc(/C=C2\Oc3cc(OC(=O)C4CCCCC4)ccc3C2=O)cc1. The fraction of sp³-hybridized carbons (Fsp3) is 0.304. The van der Waals surface area contributed by atoms with Crippen LogP contribution < -0.4 is 9.47 Å². The van der Waals surface area contributed by atoms with Crippen molar-refractivity contribution < 1.29 is 19.1 Å². The molecule has 0 unspecified atom stereocenters. The highest BCUT2D eigenvalue weighted by atomic mass is 16.5. The van der Waals surface area contributed by atoms with E-state index in [1.165, 1.54) is 6.42 Å². The zero-order chi connectivity index (χ0) is 18.8. The summed E-state index contributed by atoms with van der Waals surface area (Å²) >= 11 is 0. The molecule has 2 aromatic rings. The standard InChI is InChI=1S/C23H22O4/c1-15-7-9-16(10-8-15)13-21-22(24)19-12-11-18(14-20(19)27-21)26-23(25)17-5-3-2-4-6-17/h7-14,17H,2-6H2,1H3/b21-13-. The molecule has 4 nitrogen and oxygen atoms in total. The number of hydrogen-bond donors (Lipinski definition) is 0. The van der Waals surface area contributed by atoms with Crippen LogP contribution >= 0.6 is 0 Å². The molecule has 0 N–H and O–H groups in total. The van der Waals surface area contributed by atoms with Gasteiger partial charge in [-0.15, -0.1) is 0 Å². The Morgan fingerprint density at radius 1 is 1.07 bits per heavy atom. The Morgan fingerprint density at radius 2 is 1.81 bits per heavy atom. The number of ketones is 1. The molecule has 1 fully saturated rings. The molecule has 4 heteroatoms. The maximum atomic E-state index is 12.5. The van der Waals surface area contributed by atoms with Gasteiger partial charge >= 0.3 is 5.97 Å². The fourth-order valence-corrected chi connectivity index (χ4v) is 3.58. The average molecular weight is 362 g/mol. The number of carbonyl (C=O) groups excluding carboxylic acids is 2. The first-order valence-corrected chi connectivity index (χ1v) is 9.47. The Bertz CT molecular complexity index is 902. The maximum absolute atomic E-state index is 12.5. The third kappa shape index (κ3) is 3.80. The summed E-state index contributed by atoms with van der Waals surface area (Å²) in [4.78, 5) is 24.9. The van der Waals surface area contributed by atoms with Crippen molar-refractivity contribution in [2.24, 2.45) is 5.92 Å². The van der Waals surface area contributed by atoms with Gasteiger partial charge in [0.1, 0.15) is 11.5 Å². The van der Waals surface area contributed by atoms with Crippen molar-refractivity contribution in [2.45, 2.75) is 39.0 Å². The van der Waals surface area contributed by atoms with Crippen LogP contribution in [0.4, 0.5) is 0 Å². The van der Waals surface area contributed by atoms with Gasteiger partial charge in [0.2, 0.25) is 5.78 Å². The van der Waals surface area contributed by atoms with Crippen LogP contribution in [0.3, 0.4) is 0 Å². The van der Waals surface area contributed by atoms with Gasteiger partial charge in [-0.3, -0.25) is 9.59 Å². The van der Waals surface area contributed by atoms with Crippen LogP contribution in [-0.4, -0.2) is 11.8 Å². The molecule has 0 atom stereocenters. The van der Waals surface area contributed by atoms with Gasteiger partial charge in [0.15, 0.2) is 5.76 Å². The number of hydrogen-bond acceptors (Lipinski definition) is 4. The lowest BCUT2D eigenvalue weighted by Gasteiger charge is -2.19. The molecule has 0 spiro atoms. The van der Waals surface area contributed by atoms with Crippen molar-refractivity contribution in [3.63, 3.8) is 0 Å². The number of fused-ring (bicyclic) bond motifs is 1. The Kier molecular flexibility index (Phi) is 4.80. The predicted octanol–water partition coefficient (Wildman–Crippen LogP) is 5.10. The highest BCUT2D eigenvalue weighted by Crippen LogP contribution is 2.35. The highest BCUT2D eigenvalue weighted by Gasteiger charge is 2.29. The summed E-state index contributed by atoms with van der Waals surface area (Å²) in [6.07, 6.45) is 6.86. The van der Waals surface area contributed by atoms with Gasteiger partial charge in [0.25, 0.3) is 0 Å². The molecule has 138 valence electrons. The second kappa shape index (κ2) is 7.39. The molecule has 4 rings (SSSR count). The summed E-state index contributed by atoms with van der Waals surface area (Å²) in [5.74, 6) is 0.780. The minimum Gasteiger partial charge on any atom is -0.452 e. The minimum absolute atomic E-state index is 0.0217. The van der Waals surface area contributed by atoms with Crippen LogP contribution in [0.1, 0.15) is 53.6 Å². The molecule has 0 bridgehead atoms. The monoisotopic (exact) mass is 362 g/mol. The number of allylic oxidation sites excluding steroid dienone is 1. The predicted molar refractivity (Wildman–Crippen MR) is 103 cm³/mol.